The van der Waals surface area contributed by atoms with E-state index in [1.54, 1.807) is 12.1 Å². The number of fused-ring (bicyclic) bond motifs is 1. The van der Waals surface area contributed by atoms with Crippen LogP contribution in [0.25, 0.3) is 0 Å². The fourth-order valence-corrected chi connectivity index (χ4v) is 2.99. The molecule has 2 amide bonds. The van der Waals surface area contributed by atoms with E-state index >= 15 is 0 Å². The normalized spacial score (nSPS) is 18.4. The maximum absolute atomic E-state index is 13.0. The molecular weight excluding hydrogens is 335 g/mol. The lowest BCUT2D eigenvalue weighted by Crippen LogP contribution is -2.38. The van der Waals surface area contributed by atoms with Crippen molar-refractivity contribution in [1.82, 2.24) is 5.32 Å². The Morgan fingerprint density at radius 2 is 1.85 bits per heavy atom. The standard InChI is InChI=1S/C20H19FN2O3/c21-15-3-1-12(2-4-15)19(24)23-17-7-8-18-13(10-17)9-14(11-26-18)20(25)22-16-5-6-16/h1-4,7-8,10,14,16H,5-6,9,11H2,(H,22,25)(H,23,24)/t14-/m0/s1. The van der Waals surface area contributed by atoms with Crippen LogP contribution in [0, 0.1) is 11.7 Å². The van der Waals surface area contributed by atoms with Crippen molar-refractivity contribution in [3.05, 3.63) is 59.4 Å². The van der Waals surface area contributed by atoms with Gasteiger partial charge in [0, 0.05) is 17.3 Å². The van der Waals surface area contributed by atoms with Crippen molar-refractivity contribution in [3.8, 4) is 5.75 Å². The van der Waals surface area contributed by atoms with Crippen molar-refractivity contribution in [2.75, 3.05) is 11.9 Å². The van der Waals surface area contributed by atoms with E-state index in [4.69, 9.17) is 4.74 Å². The van der Waals surface area contributed by atoms with Gasteiger partial charge in [0.2, 0.25) is 5.91 Å². The summed E-state index contributed by atoms with van der Waals surface area (Å²) in [5.41, 5.74) is 1.89. The molecule has 4 rings (SSSR count). The molecule has 6 heteroatoms. The maximum Gasteiger partial charge on any atom is 0.255 e. The number of amides is 2. The van der Waals surface area contributed by atoms with Crippen LogP contribution in [-0.2, 0) is 11.2 Å². The van der Waals surface area contributed by atoms with E-state index in [1.165, 1.54) is 24.3 Å². The second-order valence-electron chi connectivity index (χ2n) is 6.78. The van der Waals surface area contributed by atoms with Crippen molar-refractivity contribution in [3.63, 3.8) is 0 Å². The van der Waals surface area contributed by atoms with Crippen LogP contribution in [-0.4, -0.2) is 24.5 Å². The first-order valence-electron chi connectivity index (χ1n) is 8.71. The second kappa shape index (κ2) is 6.78. The van der Waals surface area contributed by atoms with Gasteiger partial charge in [-0.3, -0.25) is 9.59 Å². The highest BCUT2D eigenvalue weighted by molar-refractivity contribution is 6.04. The summed E-state index contributed by atoms with van der Waals surface area (Å²) in [6, 6.07) is 11.1. The monoisotopic (exact) mass is 354 g/mol. The first-order chi connectivity index (χ1) is 12.6. The third-order valence-corrected chi connectivity index (χ3v) is 4.63. The predicted octanol–water partition coefficient (Wildman–Crippen LogP) is 2.91. The second-order valence-corrected chi connectivity index (χ2v) is 6.78. The summed E-state index contributed by atoms with van der Waals surface area (Å²) in [4.78, 5) is 24.5. The molecule has 0 aromatic heterocycles. The number of rotatable bonds is 4. The Balaban J connectivity index is 1.45. The van der Waals surface area contributed by atoms with Gasteiger partial charge in [-0.25, -0.2) is 4.39 Å². The molecule has 1 heterocycles. The molecule has 1 saturated carbocycles. The third kappa shape index (κ3) is 3.69. The molecule has 2 N–H and O–H groups in total. The Morgan fingerprint density at radius 1 is 1.08 bits per heavy atom. The molecule has 0 saturated heterocycles. The van der Waals surface area contributed by atoms with Crippen LogP contribution >= 0.6 is 0 Å². The number of carbonyl (C=O) groups is 2. The summed E-state index contributed by atoms with van der Waals surface area (Å²) in [5.74, 6) is -0.155. The zero-order valence-corrected chi connectivity index (χ0v) is 14.1. The number of carbonyl (C=O) groups excluding carboxylic acids is 2. The van der Waals surface area contributed by atoms with Gasteiger partial charge in [-0.2, -0.15) is 0 Å². The topological polar surface area (TPSA) is 67.4 Å². The molecule has 26 heavy (non-hydrogen) atoms. The van der Waals surface area contributed by atoms with Crippen LogP contribution in [0.15, 0.2) is 42.5 Å². The summed E-state index contributed by atoms with van der Waals surface area (Å²) in [6.07, 6.45) is 2.68. The predicted molar refractivity (Wildman–Crippen MR) is 94.6 cm³/mol. The fraction of sp³-hybridized carbons (Fsp3) is 0.300. The SMILES string of the molecule is O=C(Nc1ccc2c(c1)C[C@H](C(=O)NC1CC1)CO2)c1ccc(F)cc1. The lowest BCUT2D eigenvalue weighted by molar-refractivity contribution is -0.126. The van der Waals surface area contributed by atoms with Crippen molar-refractivity contribution >= 4 is 17.5 Å². The highest BCUT2D eigenvalue weighted by Crippen LogP contribution is 2.31. The maximum atomic E-state index is 13.0. The molecule has 1 atom stereocenters. The quantitative estimate of drug-likeness (QED) is 0.887. The lowest BCUT2D eigenvalue weighted by atomic mass is 9.95. The zero-order chi connectivity index (χ0) is 18.1. The van der Waals surface area contributed by atoms with E-state index in [1.807, 2.05) is 6.07 Å². The number of hydrogen-bond acceptors (Lipinski definition) is 3. The first-order valence-corrected chi connectivity index (χ1v) is 8.71. The van der Waals surface area contributed by atoms with E-state index in [9.17, 15) is 14.0 Å². The van der Waals surface area contributed by atoms with Crippen LogP contribution in [0.5, 0.6) is 5.75 Å². The van der Waals surface area contributed by atoms with Gasteiger partial charge < -0.3 is 15.4 Å². The van der Waals surface area contributed by atoms with E-state index in [-0.39, 0.29) is 23.5 Å². The molecule has 5 nitrogen and oxygen atoms in total. The smallest absolute Gasteiger partial charge is 0.255 e. The fourth-order valence-electron chi connectivity index (χ4n) is 2.99. The van der Waals surface area contributed by atoms with Crippen LogP contribution in [0.4, 0.5) is 10.1 Å². The number of benzene rings is 2. The molecule has 1 aliphatic carbocycles. The van der Waals surface area contributed by atoms with Crippen LogP contribution in [0.3, 0.4) is 0 Å². The third-order valence-electron chi connectivity index (χ3n) is 4.63. The van der Waals surface area contributed by atoms with Gasteiger partial charge in [-0.15, -0.1) is 0 Å². The minimum atomic E-state index is -0.386. The molecular formula is C20H19FN2O3. The molecule has 0 radical (unpaired) electrons. The summed E-state index contributed by atoms with van der Waals surface area (Å²) < 4.78 is 18.7. The van der Waals surface area contributed by atoms with Gasteiger partial charge in [0.15, 0.2) is 0 Å². The number of halogens is 1. The van der Waals surface area contributed by atoms with Crippen molar-refractivity contribution in [1.29, 1.82) is 0 Å². The minimum Gasteiger partial charge on any atom is -0.492 e. The number of nitrogens with one attached hydrogen (secondary N) is 2. The summed E-state index contributed by atoms with van der Waals surface area (Å²) in [5, 5.41) is 5.80. The zero-order valence-electron chi connectivity index (χ0n) is 14.1. The molecule has 1 fully saturated rings. The van der Waals surface area contributed by atoms with E-state index in [2.05, 4.69) is 10.6 Å². The molecule has 2 aromatic rings. The Bertz CT molecular complexity index is 847. The average Bonchev–Trinajstić information content (AvgIpc) is 3.45. The molecule has 0 bridgehead atoms. The summed E-state index contributed by atoms with van der Waals surface area (Å²) >= 11 is 0. The Hall–Kier alpha value is -2.89. The van der Waals surface area contributed by atoms with Gasteiger partial charge in [0.05, 0.1) is 5.92 Å². The summed E-state index contributed by atoms with van der Waals surface area (Å²) in [7, 11) is 0. The number of hydrogen-bond donors (Lipinski definition) is 2. The van der Waals surface area contributed by atoms with Crippen LogP contribution in [0.2, 0.25) is 0 Å². The van der Waals surface area contributed by atoms with E-state index < -0.39 is 0 Å². The highest BCUT2D eigenvalue weighted by Gasteiger charge is 2.30. The lowest BCUT2D eigenvalue weighted by Gasteiger charge is -2.25. The van der Waals surface area contributed by atoms with Gasteiger partial charge in [-0.1, -0.05) is 0 Å². The van der Waals surface area contributed by atoms with Gasteiger partial charge in [0.25, 0.3) is 5.91 Å². The van der Waals surface area contributed by atoms with Crippen molar-refractivity contribution in [2.45, 2.75) is 25.3 Å². The van der Waals surface area contributed by atoms with Crippen molar-refractivity contribution in [2.24, 2.45) is 5.92 Å². The van der Waals surface area contributed by atoms with Gasteiger partial charge >= 0.3 is 0 Å². The minimum absolute atomic E-state index is 0.0268. The van der Waals surface area contributed by atoms with Crippen molar-refractivity contribution < 1.29 is 18.7 Å². The van der Waals surface area contributed by atoms with Gasteiger partial charge in [-0.05, 0) is 67.3 Å². The molecule has 134 valence electrons. The van der Waals surface area contributed by atoms with E-state index in [0.29, 0.717) is 30.3 Å². The number of ether oxygens (including phenoxy) is 1. The van der Waals surface area contributed by atoms with Crippen LogP contribution in [0.1, 0.15) is 28.8 Å². The molecule has 2 aromatic carbocycles. The first kappa shape index (κ1) is 16.6. The Labute approximate surface area is 150 Å². The molecule has 1 aliphatic heterocycles. The number of anilines is 1. The Kier molecular flexibility index (Phi) is 4.32. The van der Waals surface area contributed by atoms with Crippen LogP contribution < -0.4 is 15.4 Å². The van der Waals surface area contributed by atoms with E-state index in [0.717, 1.165) is 24.2 Å². The van der Waals surface area contributed by atoms with Gasteiger partial charge in [0.1, 0.15) is 18.2 Å². The average molecular weight is 354 g/mol. The largest absolute Gasteiger partial charge is 0.492 e. The molecule has 0 unspecified atom stereocenters. The molecule has 2 aliphatic rings. The highest BCUT2D eigenvalue weighted by atomic mass is 19.1. The Morgan fingerprint density at radius 3 is 2.58 bits per heavy atom. The molecule has 0 spiro atoms. The summed E-state index contributed by atoms with van der Waals surface area (Å²) in [6.45, 7) is 0.368.